The topological polar surface area (TPSA) is 82.4 Å². The molecule has 2 aliphatic rings. The number of nitrogens with zero attached hydrogens (tertiary/aromatic N) is 1. The Morgan fingerprint density at radius 2 is 1.94 bits per heavy atom. The van der Waals surface area contributed by atoms with Crippen LogP contribution in [0.3, 0.4) is 0 Å². The van der Waals surface area contributed by atoms with Crippen LogP contribution in [-0.4, -0.2) is 49.7 Å². The monoisotopic (exact) mass is 475 g/mol. The number of hydrogen-bond acceptors (Lipinski definition) is 5. The quantitative estimate of drug-likeness (QED) is 0.432. The van der Waals surface area contributed by atoms with Crippen molar-refractivity contribution in [3.63, 3.8) is 0 Å². The Kier molecular flexibility index (Phi) is 7.19. The molecule has 0 radical (unpaired) electrons. The molecule has 31 heavy (non-hydrogen) atoms. The molecule has 2 heterocycles. The van der Waals surface area contributed by atoms with Crippen LogP contribution in [0.25, 0.3) is 0 Å². The summed E-state index contributed by atoms with van der Waals surface area (Å²) < 4.78 is 39.0. The van der Waals surface area contributed by atoms with E-state index in [9.17, 15) is 18.0 Å². The summed E-state index contributed by atoms with van der Waals surface area (Å²) in [5.74, 6) is 0. The number of rotatable bonds is 8. The van der Waals surface area contributed by atoms with Gasteiger partial charge in [0.05, 0.1) is 10.7 Å². The first kappa shape index (κ1) is 23.8. The van der Waals surface area contributed by atoms with E-state index in [1.165, 1.54) is 4.90 Å². The van der Waals surface area contributed by atoms with Crippen LogP contribution in [0.1, 0.15) is 12.0 Å². The van der Waals surface area contributed by atoms with Crippen LogP contribution in [-0.2, 0) is 6.54 Å². The van der Waals surface area contributed by atoms with E-state index in [1.54, 1.807) is 41.3 Å². The number of urea groups is 1. The smallest absolute Gasteiger partial charge is 0.357 e. The van der Waals surface area contributed by atoms with Crippen LogP contribution in [0.15, 0.2) is 47.1 Å². The molecule has 1 aromatic rings. The molecule has 1 aromatic carbocycles. The van der Waals surface area contributed by atoms with Crippen LogP contribution in [0.5, 0.6) is 0 Å². The lowest BCUT2D eigenvalue weighted by Gasteiger charge is -2.32. The van der Waals surface area contributed by atoms with E-state index in [1.807, 2.05) is 0 Å². The molecule has 0 saturated carbocycles. The number of alkyl halides is 3. The maximum absolute atomic E-state index is 13.0. The Hall–Kier alpha value is -1.82. The summed E-state index contributed by atoms with van der Waals surface area (Å²) in [7, 11) is 0.768. The van der Waals surface area contributed by atoms with E-state index in [0.717, 1.165) is 10.6 Å². The minimum absolute atomic E-state index is 0.0452. The molecule has 5 N–H and O–H groups in total. The minimum Gasteiger partial charge on any atom is -0.357 e. The summed E-state index contributed by atoms with van der Waals surface area (Å²) in [6.07, 6.45) is 5.56. The second kappa shape index (κ2) is 9.35. The van der Waals surface area contributed by atoms with Crippen LogP contribution in [0, 0.1) is 0 Å². The second-order valence-corrected chi connectivity index (χ2v) is 14.4. The number of amides is 2. The van der Waals surface area contributed by atoms with Crippen molar-refractivity contribution in [1.29, 1.82) is 0 Å². The van der Waals surface area contributed by atoms with Crippen molar-refractivity contribution in [2.45, 2.75) is 31.3 Å². The van der Waals surface area contributed by atoms with E-state index in [4.69, 9.17) is 5.73 Å². The molecule has 0 aliphatic carbocycles. The van der Waals surface area contributed by atoms with Gasteiger partial charge in [-0.25, -0.2) is 4.79 Å². The van der Waals surface area contributed by atoms with Crippen molar-refractivity contribution in [2.75, 3.05) is 30.2 Å². The Labute approximate surface area is 185 Å². The zero-order valence-electron chi connectivity index (χ0n) is 17.6. The number of halogens is 3. The summed E-state index contributed by atoms with van der Waals surface area (Å²) in [5, 5.41) is 9.97. The fraction of sp³-hybridized carbons (Fsp3) is 0.450. The predicted octanol–water partition coefficient (Wildman–Crippen LogP) is 3.58. The molecule has 0 fully saturated rings. The van der Waals surface area contributed by atoms with Crippen LogP contribution in [0.2, 0.25) is 0 Å². The highest BCUT2D eigenvalue weighted by Gasteiger charge is 2.38. The number of nitrogens with one attached hydrogen (secondary N) is 3. The van der Waals surface area contributed by atoms with Crippen molar-refractivity contribution in [3.05, 3.63) is 52.7 Å². The van der Waals surface area contributed by atoms with Gasteiger partial charge in [-0.1, -0.05) is 12.1 Å². The molecular weight excluding hydrogens is 447 g/mol. The second-order valence-electron chi connectivity index (χ2n) is 7.65. The third-order valence-corrected chi connectivity index (χ3v) is 10.4. The molecule has 11 heteroatoms. The van der Waals surface area contributed by atoms with Gasteiger partial charge in [0.2, 0.25) is 0 Å². The highest BCUT2D eigenvalue weighted by atomic mass is 33.2. The number of nitrogens with two attached hydrogens (primary N) is 1. The summed E-state index contributed by atoms with van der Waals surface area (Å²) in [6.45, 7) is 0.0128. The predicted molar refractivity (Wildman–Crippen MR) is 124 cm³/mol. The first-order valence-electron chi connectivity index (χ1n) is 9.73. The lowest BCUT2D eigenvalue weighted by molar-refractivity contribution is -0.157. The Morgan fingerprint density at radius 3 is 2.52 bits per heavy atom. The normalized spacial score (nSPS) is 20.4. The maximum atomic E-state index is 13.0. The van der Waals surface area contributed by atoms with Crippen molar-refractivity contribution in [1.82, 2.24) is 16.0 Å². The van der Waals surface area contributed by atoms with Gasteiger partial charge in [0.1, 0.15) is 12.2 Å². The van der Waals surface area contributed by atoms with Crippen LogP contribution < -0.4 is 26.6 Å². The Bertz CT molecular complexity index is 871. The molecular formula is C20H28F3N5OS2. The first-order chi connectivity index (χ1) is 14.5. The average Bonchev–Trinajstić information content (AvgIpc) is 3.14. The van der Waals surface area contributed by atoms with Gasteiger partial charge >= 0.3 is 12.2 Å². The molecule has 3 rings (SSSR count). The average molecular weight is 476 g/mol. The summed E-state index contributed by atoms with van der Waals surface area (Å²) in [4.78, 5) is 14.1. The third-order valence-electron chi connectivity index (χ3n) is 5.25. The van der Waals surface area contributed by atoms with E-state index < -0.39 is 21.3 Å². The Balaban J connectivity index is 1.71. The molecule has 0 aromatic heterocycles. The molecule has 2 unspecified atom stereocenters. The summed E-state index contributed by atoms with van der Waals surface area (Å²) in [5.41, 5.74) is 7.58. The lowest BCUT2D eigenvalue weighted by Crippen LogP contribution is -2.51. The number of hydrogen-bond donors (Lipinski definition) is 4. The molecule has 0 bridgehead atoms. The molecule has 0 saturated heterocycles. The van der Waals surface area contributed by atoms with E-state index in [-0.39, 0.29) is 31.7 Å². The first-order valence-corrected chi connectivity index (χ1v) is 13.9. The van der Waals surface area contributed by atoms with Crippen molar-refractivity contribution >= 4 is 31.6 Å². The summed E-state index contributed by atoms with van der Waals surface area (Å²) >= 11 is 0. The van der Waals surface area contributed by atoms with Gasteiger partial charge in [0, 0.05) is 18.3 Å². The fourth-order valence-corrected chi connectivity index (χ4v) is 5.09. The lowest BCUT2D eigenvalue weighted by atomic mass is 10.1. The SMILES string of the molecule is CSS(C)(C)C1=CC2=CN(c3ccc(CNC(CCN)C(F)(F)F)cc3)C(=O)NC2N1. The number of fused-ring (bicyclic) bond motifs is 1. The fourth-order valence-electron chi connectivity index (χ4n) is 3.26. The maximum Gasteiger partial charge on any atom is 0.403 e. The van der Waals surface area contributed by atoms with Gasteiger partial charge in [-0.2, -0.15) is 22.2 Å². The molecule has 2 amide bonds. The Morgan fingerprint density at radius 1 is 1.26 bits per heavy atom. The minimum atomic E-state index is -4.35. The van der Waals surface area contributed by atoms with Gasteiger partial charge < -0.3 is 21.7 Å². The third kappa shape index (κ3) is 5.51. The van der Waals surface area contributed by atoms with Crippen molar-refractivity contribution in [2.24, 2.45) is 5.73 Å². The molecule has 172 valence electrons. The zero-order chi connectivity index (χ0) is 22.8. The highest BCUT2D eigenvalue weighted by molar-refractivity contribution is 8.95. The number of benzene rings is 1. The highest BCUT2D eigenvalue weighted by Crippen LogP contribution is 2.59. The van der Waals surface area contributed by atoms with Gasteiger partial charge in [-0.3, -0.25) is 4.90 Å². The van der Waals surface area contributed by atoms with E-state index in [2.05, 4.69) is 40.8 Å². The van der Waals surface area contributed by atoms with Gasteiger partial charge in [-0.05, 0) is 55.5 Å². The van der Waals surface area contributed by atoms with Gasteiger partial charge in [0.25, 0.3) is 0 Å². The molecule has 2 atom stereocenters. The molecule has 6 nitrogen and oxygen atoms in total. The van der Waals surface area contributed by atoms with Gasteiger partial charge in [0.15, 0.2) is 0 Å². The van der Waals surface area contributed by atoms with E-state index >= 15 is 0 Å². The van der Waals surface area contributed by atoms with Crippen molar-refractivity contribution < 1.29 is 18.0 Å². The van der Waals surface area contributed by atoms with Crippen LogP contribution in [0.4, 0.5) is 23.7 Å². The van der Waals surface area contributed by atoms with E-state index in [0.29, 0.717) is 11.3 Å². The zero-order valence-corrected chi connectivity index (χ0v) is 19.3. The number of carbonyl (C=O) groups excluding carboxylic acids is 1. The molecule has 2 aliphatic heterocycles. The van der Waals surface area contributed by atoms with Crippen molar-refractivity contribution in [3.8, 4) is 0 Å². The standard InChI is InChI=1S/C20H28F3N5OS2/c1-30-31(2,3)17-10-14-12-28(19(29)27-18(14)26-17)15-6-4-13(5-7-15)11-25-16(8-9-24)20(21,22)23/h4-7,10,12,16,18,25-26H,8-9,11,24H2,1-3H3,(H,27,29). The molecule has 0 spiro atoms. The largest absolute Gasteiger partial charge is 0.403 e. The number of carbonyl (C=O) groups is 1. The van der Waals surface area contributed by atoms with Crippen LogP contribution >= 0.6 is 19.9 Å². The number of anilines is 1. The summed E-state index contributed by atoms with van der Waals surface area (Å²) in [6, 6.07) is 4.97. The van der Waals surface area contributed by atoms with Gasteiger partial charge in [-0.15, -0.1) is 10.8 Å².